The topological polar surface area (TPSA) is 131 Å². The SMILES string of the molecule is CCN1Cc2ccc(OC)cc2C1=O.O=C1NC(=O)C(c2cnn(-c3cccnc3)n2)N1. The van der Waals surface area contributed by atoms with Crippen LogP contribution in [0.3, 0.4) is 0 Å². The summed E-state index contributed by atoms with van der Waals surface area (Å²) < 4.78 is 5.09. The third-order valence-electron chi connectivity index (χ3n) is 5.03. The zero-order chi connectivity index (χ0) is 22.7. The summed E-state index contributed by atoms with van der Waals surface area (Å²) in [6, 6.07) is 7.89. The van der Waals surface area contributed by atoms with E-state index < -0.39 is 18.0 Å². The molecule has 0 radical (unpaired) electrons. The molecule has 1 saturated heterocycles. The predicted molar refractivity (Wildman–Crippen MR) is 112 cm³/mol. The maximum Gasteiger partial charge on any atom is 0.322 e. The quantitative estimate of drug-likeness (QED) is 0.589. The molecule has 3 aromatic rings. The largest absolute Gasteiger partial charge is 0.497 e. The molecule has 0 bridgehead atoms. The highest BCUT2D eigenvalue weighted by Crippen LogP contribution is 2.26. The lowest BCUT2D eigenvalue weighted by Gasteiger charge is -2.10. The van der Waals surface area contributed by atoms with E-state index in [2.05, 4.69) is 25.8 Å². The first kappa shape index (κ1) is 21.0. The number of fused-ring (bicyclic) bond motifs is 1. The Morgan fingerprint density at radius 2 is 2.03 bits per heavy atom. The van der Waals surface area contributed by atoms with Crippen molar-refractivity contribution in [1.29, 1.82) is 0 Å². The Hall–Kier alpha value is -4.28. The second kappa shape index (κ2) is 8.84. The number of urea groups is 1. The van der Waals surface area contributed by atoms with Gasteiger partial charge in [-0.2, -0.15) is 10.2 Å². The van der Waals surface area contributed by atoms with E-state index in [9.17, 15) is 14.4 Å². The minimum Gasteiger partial charge on any atom is -0.497 e. The molecule has 1 atom stereocenters. The number of hydrogen-bond acceptors (Lipinski definition) is 7. The highest BCUT2D eigenvalue weighted by Gasteiger charge is 2.33. The van der Waals surface area contributed by atoms with E-state index in [1.807, 2.05) is 30.0 Å². The Morgan fingerprint density at radius 3 is 2.69 bits per heavy atom. The van der Waals surface area contributed by atoms with E-state index in [-0.39, 0.29) is 5.91 Å². The number of benzene rings is 1. The summed E-state index contributed by atoms with van der Waals surface area (Å²) in [4.78, 5) is 41.3. The highest BCUT2D eigenvalue weighted by molar-refractivity contribution is 6.04. The first-order valence-corrected chi connectivity index (χ1v) is 9.90. The van der Waals surface area contributed by atoms with Gasteiger partial charge >= 0.3 is 6.03 Å². The van der Waals surface area contributed by atoms with Crippen LogP contribution < -0.4 is 15.4 Å². The van der Waals surface area contributed by atoms with Gasteiger partial charge in [0.2, 0.25) is 0 Å². The summed E-state index contributed by atoms with van der Waals surface area (Å²) in [5, 5.41) is 12.8. The van der Waals surface area contributed by atoms with Crippen LogP contribution in [0.5, 0.6) is 5.75 Å². The van der Waals surface area contributed by atoms with Crippen molar-refractivity contribution in [3.05, 3.63) is 65.7 Å². The van der Waals surface area contributed by atoms with Gasteiger partial charge in [-0.15, -0.1) is 4.80 Å². The van der Waals surface area contributed by atoms with E-state index in [0.717, 1.165) is 30.0 Å². The van der Waals surface area contributed by atoms with Gasteiger partial charge in [-0.05, 0) is 36.8 Å². The molecule has 2 aliphatic heterocycles. The fourth-order valence-corrected chi connectivity index (χ4v) is 3.35. The Kier molecular flexibility index (Phi) is 5.79. The van der Waals surface area contributed by atoms with Crippen LogP contribution in [-0.4, -0.2) is 56.4 Å². The zero-order valence-corrected chi connectivity index (χ0v) is 17.5. The lowest BCUT2D eigenvalue weighted by Crippen LogP contribution is -2.22. The molecule has 4 amide bonds. The van der Waals surface area contributed by atoms with Crippen LogP contribution in [0.2, 0.25) is 0 Å². The molecule has 1 unspecified atom stereocenters. The van der Waals surface area contributed by atoms with Gasteiger partial charge in [-0.1, -0.05) is 6.07 Å². The van der Waals surface area contributed by atoms with Gasteiger partial charge in [0, 0.05) is 24.8 Å². The molecule has 0 aliphatic carbocycles. The molecule has 2 aromatic heterocycles. The molecule has 1 fully saturated rings. The third-order valence-corrected chi connectivity index (χ3v) is 5.03. The molecular weight excluding hydrogens is 414 g/mol. The summed E-state index contributed by atoms with van der Waals surface area (Å²) in [7, 11) is 1.61. The normalized spacial score (nSPS) is 16.8. The molecule has 11 nitrogen and oxygen atoms in total. The van der Waals surface area contributed by atoms with Crippen molar-refractivity contribution in [3.63, 3.8) is 0 Å². The lowest BCUT2D eigenvalue weighted by molar-refractivity contribution is -0.120. The maximum atomic E-state index is 11.8. The Balaban J connectivity index is 0.000000158. The van der Waals surface area contributed by atoms with Crippen molar-refractivity contribution < 1.29 is 19.1 Å². The van der Waals surface area contributed by atoms with Crippen LogP contribution in [-0.2, 0) is 11.3 Å². The zero-order valence-electron chi connectivity index (χ0n) is 17.5. The van der Waals surface area contributed by atoms with Gasteiger partial charge in [0.05, 0.1) is 19.5 Å². The summed E-state index contributed by atoms with van der Waals surface area (Å²) >= 11 is 0. The molecule has 5 rings (SSSR count). The Bertz CT molecular complexity index is 1160. The average molecular weight is 435 g/mol. The molecular formula is C21H21N7O4. The Labute approximate surface area is 183 Å². The van der Waals surface area contributed by atoms with Gasteiger partial charge in [-0.3, -0.25) is 19.9 Å². The number of imide groups is 1. The molecule has 2 N–H and O–H groups in total. The summed E-state index contributed by atoms with van der Waals surface area (Å²) in [6.45, 7) is 3.48. The van der Waals surface area contributed by atoms with Crippen LogP contribution in [0, 0.1) is 0 Å². The fraction of sp³-hybridized carbons (Fsp3) is 0.238. The third kappa shape index (κ3) is 4.13. The maximum absolute atomic E-state index is 11.8. The van der Waals surface area contributed by atoms with Crippen LogP contribution in [0.1, 0.15) is 34.6 Å². The lowest BCUT2D eigenvalue weighted by atomic mass is 10.1. The number of ether oxygens (including phenoxy) is 1. The van der Waals surface area contributed by atoms with Crippen LogP contribution in [0.15, 0.2) is 48.9 Å². The van der Waals surface area contributed by atoms with Crippen molar-refractivity contribution in [2.45, 2.75) is 19.5 Å². The van der Waals surface area contributed by atoms with Gasteiger partial charge in [0.25, 0.3) is 11.8 Å². The highest BCUT2D eigenvalue weighted by atomic mass is 16.5. The van der Waals surface area contributed by atoms with Gasteiger partial charge < -0.3 is 15.0 Å². The number of nitrogens with one attached hydrogen (secondary N) is 2. The van der Waals surface area contributed by atoms with Crippen molar-refractivity contribution in [3.8, 4) is 11.4 Å². The van der Waals surface area contributed by atoms with Crippen molar-refractivity contribution in [2.24, 2.45) is 0 Å². The minimum atomic E-state index is -0.789. The van der Waals surface area contributed by atoms with E-state index in [4.69, 9.17) is 4.74 Å². The van der Waals surface area contributed by atoms with E-state index in [1.165, 1.54) is 11.0 Å². The first-order chi connectivity index (χ1) is 15.5. The molecule has 11 heteroatoms. The number of carbonyl (C=O) groups excluding carboxylic acids is 3. The van der Waals surface area contributed by atoms with E-state index in [0.29, 0.717) is 11.4 Å². The number of aromatic nitrogens is 4. The number of methoxy groups -OCH3 is 1. The predicted octanol–water partition coefficient (Wildman–Crippen LogP) is 1.21. The molecule has 2 aliphatic rings. The number of carbonyl (C=O) groups is 3. The number of hydrogen-bond donors (Lipinski definition) is 2. The minimum absolute atomic E-state index is 0.112. The monoisotopic (exact) mass is 435 g/mol. The first-order valence-electron chi connectivity index (χ1n) is 9.90. The van der Waals surface area contributed by atoms with Crippen LogP contribution >= 0.6 is 0 Å². The van der Waals surface area contributed by atoms with Gasteiger partial charge in [-0.25, -0.2) is 4.79 Å². The molecule has 32 heavy (non-hydrogen) atoms. The molecule has 0 spiro atoms. The average Bonchev–Trinajstić information content (AvgIpc) is 3.51. The summed E-state index contributed by atoms with van der Waals surface area (Å²) in [6.07, 6.45) is 4.67. The van der Waals surface area contributed by atoms with Crippen LogP contribution in [0.4, 0.5) is 4.79 Å². The number of amides is 4. The smallest absolute Gasteiger partial charge is 0.322 e. The molecule has 164 valence electrons. The van der Waals surface area contributed by atoms with Gasteiger partial charge in [0.1, 0.15) is 17.1 Å². The standard InChI is InChI=1S/C11H13NO2.C10H8N6O2/c1-3-12-7-8-4-5-9(14-2)6-10(8)11(12)13;17-9-8(13-10(18)14-9)7-5-12-16(15-7)6-2-1-3-11-4-6/h4-6H,3,7H2,1-2H3;1-5,8H,(H2,13,14,17,18). The van der Waals surface area contributed by atoms with Crippen molar-refractivity contribution in [2.75, 3.05) is 13.7 Å². The second-order valence-electron chi connectivity index (χ2n) is 7.01. The number of nitrogens with zero attached hydrogens (tertiary/aromatic N) is 5. The Morgan fingerprint density at radius 1 is 1.19 bits per heavy atom. The molecule has 0 saturated carbocycles. The van der Waals surface area contributed by atoms with Crippen molar-refractivity contribution in [1.82, 2.24) is 35.5 Å². The van der Waals surface area contributed by atoms with Crippen molar-refractivity contribution >= 4 is 17.8 Å². The van der Waals surface area contributed by atoms with E-state index >= 15 is 0 Å². The summed E-state index contributed by atoms with van der Waals surface area (Å²) in [5.41, 5.74) is 2.93. The summed E-state index contributed by atoms with van der Waals surface area (Å²) in [5.74, 6) is 0.426. The number of pyridine rings is 1. The fourth-order valence-electron chi connectivity index (χ4n) is 3.35. The number of rotatable bonds is 4. The molecule has 1 aromatic carbocycles. The second-order valence-corrected chi connectivity index (χ2v) is 7.01. The van der Waals surface area contributed by atoms with E-state index in [1.54, 1.807) is 31.6 Å². The van der Waals surface area contributed by atoms with Crippen LogP contribution in [0.25, 0.3) is 5.69 Å². The molecule has 4 heterocycles. The van der Waals surface area contributed by atoms with Gasteiger partial charge in [0.15, 0.2) is 6.04 Å².